The van der Waals surface area contributed by atoms with Crippen molar-refractivity contribution < 1.29 is 4.74 Å². The van der Waals surface area contributed by atoms with Crippen LogP contribution in [-0.4, -0.2) is 16.2 Å². The van der Waals surface area contributed by atoms with Crippen LogP contribution in [0.3, 0.4) is 0 Å². The molecule has 0 saturated heterocycles. The lowest BCUT2D eigenvalue weighted by Crippen LogP contribution is -1.96. The first-order valence-electron chi connectivity index (χ1n) is 9.88. The van der Waals surface area contributed by atoms with Crippen molar-refractivity contribution in [3.63, 3.8) is 0 Å². The van der Waals surface area contributed by atoms with Crippen LogP contribution in [0.15, 0.2) is 94.8 Å². The molecule has 0 fully saturated rings. The van der Waals surface area contributed by atoms with Gasteiger partial charge in [-0.3, -0.25) is 10.4 Å². The van der Waals surface area contributed by atoms with Gasteiger partial charge in [0.15, 0.2) is 0 Å². The summed E-state index contributed by atoms with van der Waals surface area (Å²) in [7, 11) is 0. The van der Waals surface area contributed by atoms with Crippen molar-refractivity contribution in [3.05, 3.63) is 101 Å². The van der Waals surface area contributed by atoms with E-state index in [-0.39, 0.29) is 0 Å². The fraction of sp³-hybridized carbons (Fsp3) is 0.0400. The molecule has 0 unspecified atom stereocenters. The third kappa shape index (κ3) is 4.15. The van der Waals surface area contributed by atoms with Crippen LogP contribution in [-0.2, 0) is 6.61 Å². The molecule has 0 radical (unpaired) electrons. The Morgan fingerprint density at radius 1 is 1.03 bits per heavy atom. The number of nitrogens with one attached hydrogen (secondary N) is 2. The van der Waals surface area contributed by atoms with E-state index in [0.717, 1.165) is 48.8 Å². The van der Waals surface area contributed by atoms with Gasteiger partial charge in [-0.2, -0.15) is 5.10 Å². The largest absolute Gasteiger partial charge is 0.488 e. The lowest BCUT2D eigenvalue weighted by molar-refractivity contribution is 0.310. The van der Waals surface area contributed by atoms with Crippen molar-refractivity contribution in [2.75, 3.05) is 5.43 Å². The smallest absolute Gasteiger partial charge is 0.129 e. The van der Waals surface area contributed by atoms with Crippen molar-refractivity contribution in [1.29, 1.82) is 0 Å². The molecule has 5 nitrogen and oxygen atoms in total. The quantitative estimate of drug-likeness (QED) is 0.219. The van der Waals surface area contributed by atoms with Crippen LogP contribution in [0.5, 0.6) is 5.75 Å². The van der Waals surface area contributed by atoms with E-state index in [1.54, 1.807) is 12.4 Å². The van der Waals surface area contributed by atoms with Crippen LogP contribution in [0, 0.1) is 0 Å². The number of hydrogen-bond donors (Lipinski definition) is 2. The topological polar surface area (TPSA) is 62.3 Å². The molecule has 31 heavy (non-hydrogen) atoms. The summed E-state index contributed by atoms with van der Waals surface area (Å²) in [6.07, 6.45) is 5.51. The Hall–Kier alpha value is -3.64. The lowest BCUT2D eigenvalue weighted by atomic mass is 10.1. The first-order chi connectivity index (χ1) is 15.3. The van der Waals surface area contributed by atoms with Crippen molar-refractivity contribution in [3.8, 4) is 5.75 Å². The zero-order chi connectivity index (χ0) is 21.0. The van der Waals surface area contributed by atoms with Gasteiger partial charge in [-0.25, -0.2) is 0 Å². The Balaban J connectivity index is 1.40. The number of rotatable bonds is 6. The summed E-state index contributed by atoms with van der Waals surface area (Å²) in [6, 6.07) is 24.1. The van der Waals surface area contributed by atoms with E-state index in [1.807, 2.05) is 66.9 Å². The van der Waals surface area contributed by atoms with Gasteiger partial charge in [-0.05, 0) is 42.0 Å². The highest BCUT2D eigenvalue weighted by atomic mass is 79.9. The van der Waals surface area contributed by atoms with E-state index in [2.05, 4.69) is 48.6 Å². The van der Waals surface area contributed by atoms with E-state index in [0.29, 0.717) is 6.61 Å². The van der Waals surface area contributed by atoms with Crippen LogP contribution in [0.1, 0.15) is 11.1 Å². The Kier molecular flexibility index (Phi) is 5.37. The SMILES string of the molecule is Brc1ccc2c(N/N=C/c3c[nH]c4cccc(OCc5ccccc5)c34)ccnc2c1. The minimum atomic E-state index is 0.512. The van der Waals surface area contributed by atoms with Crippen LogP contribution in [0.2, 0.25) is 0 Å². The molecule has 0 amide bonds. The maximum atomic E-state index is 6.12. The minimum Gasteiger partial charge on any atom is -0.488 e. The molecule has 3 aromatic carbocycles. The molecule has 0 bridgehead atoms. The number of hydrogen-bond acceptors (Lipinski definition) is 4. The lowest BCUT2D eigenvalue weighted by Gasteiger charge is -2.08. The zero-order valence-corrected chi connectivity index (χ0v) is 18.1. The molecule has 2 N–H and O–H groups in total. The van der Waals surface area contributed by atoms with Gasteiger partial charge in [0.2, 0.25) is 0 Å². The minimum absolute atomic E-state index is 0.512. The number of anilines is 1. The summed E-state index contributed by atoms with van der Waals surface area (Å²) in [5.41, 5.74) is 8.03. The van der Waals surface area contributed by atoms with Gasteiger partial charge in [-0.15, -0.1) is 0 Å². The van der Waals surface area contributed by atoms with Gasteiger partial charge in [-0.1, -0.05) is 52.3 Å². The fourth-order valence-corrected chi connectivity index (χ4v) is 3.87. The predicted molar refractivity (Wildman–Crippen MR) is 130 cm³/mol. The van der Waals surface area contributed by atoms with Crippen LogP contribution >= 0.6 is 15.9 Å². The summed E-state index contributed by atoms with van der Waals surface area (Å²) in [6.45, 7) is 0.512. The first kappa shape index (κ1) is 19.3. The molecule has 0 aliphatic rings. The number of aromatic nitrogens is 2. The van der Waals surface area contributed by atoms with Crippen LogP contribution in [0.25, 0.3) is 21.8 Å². The van der Waals surface area contributed by atoms with Crippen molar-refractivity contribution >= 4 is 49.6 Å². The van der Waals surface area contributed by atoms with E-state index < -0.39 is 0 Å². The van der Waals surface area contributed by atoms with Crippen molar-refractivity contribution in [2.45, 2.75) is 6.61 Å². The number of H-pyrrole nitrogens is 1. The number of benzene rings is 3. The average Bonchev–Trinajstić information content (AvgIpc) is 3.22. The number of hydrazone groups is 1. The van der Waals surface area contributed by atoms with E-state index in [9.17, 15) is 0 Å². The maximum absolute atomic E-state index is 6.12. The molecule has 152 valence electrons. The summed E-state index contributed by atoms with van der Waals surface area (Å²) in [4.78, 5) is 7.71. The normalized spacial score (nSPS) is 11.4. The molecule has 0 atom stereocenters. The standard InChI is InChI=1S/C25H19BrN4O/c26-19-9-10-20-21(11-12-27-23(20)13-19)30-29-15-18-14-28-22-7-4-8-24(25(18)22)31-16-17-5-2-1-3-6-17/h1-15,28H,16H2,(H,27,30)/b29-15+. The molecule has 5 rings (SSSR count). The average molecular weight is 471 g/mol. The number of nitrogens with zero attached hydrogens (tertiary/aromatic N) is 2. The molecule has 2 aromatic heterocycles. The highest BCUT2D eigenvalue weighted by Gasteiger charge is 2.09. The Morgan fingerprint density at radius 2 is 1.94 bits per heavy atom. The molecule has 5 aromatic rings. The molecular weight excluding hydrogens is 452 g/mol. The number of fused-ring (bicyclic) bond motifs is 2. The predicted octanol–water partition coefficient (Wildman–Crippen LogP) is 6.50. The van der Waals surface area contributed by atoms with E-state index in [1.165, 1.54) is 0 Å². The second-order valence-corrected chi connectivity index (χ2v) is 8.00. The van der Waals surface area contributed by atoms with Gasteiger partial charge in [0.25, 0.3) is 0 Å². The van der Waals surface area contributed by atoms with Gasteiger partial charge < -0.3 is 9.72 Å². The molecule has 2 heterocycles. The van der Waals surface area contributed by atoms with Gasteiger partial charge in [0.05, 0.1) is 22.8 Å². The van der Waals surface area contributed by atoms with Crippen LogP contribution < -0.4 is 10.2 Å². The Bertz CT molecular complexity index is 1380. The monoisotopic (exact) mass is 470 g/mol. The summed E-state index contributed by atoms with van der Waals surface area (Å²) < 4.78 is 7.12. The molecular formula is C25H19BrN4O. The van der Waals surface area contributed by atoms with Gasteiger partial charge in [0, 0.05) is 33.3 Å². The van der Waals surface area contributed by atoms with Crippen LogP contribution in [0.4, 0.5) is 5.69 Å². The highest BCUT2D eigenvalue weighted by Crippen LogP contribution is 2.29. The van der Waals surface area contributed by atoms with Gasteiger partial charge >= 0.3 is 0 Å². The number of pyridine rings is 1. The van der Waals surface area contributed by atoms with E-state index >= 15 is 0 Å². The third-order valence-electron chi connectivity index (χ3n) is 5.03. The number of halogens is 1. The zero-order valence-electron chi connectivity index (χ0n) is 16.5. The second kappa shape index (κ2) is 8.62. The highest BCUT2D eigenvalue weighted by molar-refractivity contribution is 9.10. The third-order valence-corrected chi connectivity index (χ3v) is 5.52. The second-order valence-electron chi connectivity index (χ2n) is 7.09. The van der Waals surface area contributed by atoms with Gasteiger partial charge in [0.1, 0.15) is 12.4 Å². The molecule has 0 saturated carbocycles. The van der Waals surface area contributed by atoms with E-state index in [4.69, 9.17) is 4.74 Å². The summed E-state index contributed by atoms with van der Waals surface area (Å²) in [5.74, 6) is 0.822. The maximum Gasteiger partial charge on any atom is 0.129 e. The first-order valence-corrected chi connectivity index (χ1v) is 10.7. The van der Waals surface area contributed by atoms with Crippen molar-refractivity contribution in [2.24, 2.45) is 5.10 Å². The fourth-order valence-electron chi connectivity index (χ4n) is 3.52. The Labute approximate surface area is 187 Å². The number of aromatic amines is 1. The molecule has 0 aliphatic carbocycles. The van der Waals surface area contributed by atoms with Crippen molar-refractivity contribution in [1.82, 2.24) is 9.97 Å². The Morgan fingerprint density at radius 3 is 2.84 bits per heavy atom. The molecule has 0 aliphatic heterocycles. The molecule has 0 spiro atoms. The summed E-state index contributed by atoms with van der Waals surface area (Å²) in [5, 5.41) is 6.49. The number of ether oxygens (including phenoxy) is 1. The summed E-state index contributed by atoms with van der Waals surface area (Å²) >= 11 is 3.49. The molecule has 6 heteroatoms.